The third-order valence-corrected chi connectivity index (χ3v) is 5.25. The molecule has 0 unspecified atom stereocenters. The Kier molecular flexibility index (Phi) is 5.67. The van der Waals surface area contributed by atoms with Gasteiger partial charge in [0.15, 0.2) is 17.3 Å². The molecule has 0 radical (unpaired) electrons. The summed E-state index contributed by atoms with van der Waals surface area (Å²) in [4.78, 5) is 2.39. The van der Waals surface area contributed by atoms with E-state index < -0.39 is 5.82 Å². The van der Waals surface area contributed by atoms with Gasteiger partial charge < -0.3 is 24.4 Å². The van der Waals surface area contributed by atoms with Gasteiger partial charge in [0.2, 0.25) is 5.75 Å². The maximum absolute atomic E-state index is 13.6. The lowest BCUT2D eigenvalue weighted by molar-refractivity contribution is 0.297. The van der Waals surface area contributed by atoms with E-state index in [1.807, 2.05) is 12.1 Å². The van der Waals surface area contributed by atoms with Gasteiger partial charge in [0.25, 0.3) is 0 Å². The Morgan fingerprint density at radius 1 is 1.14 bits per heavy atom. The number of hydrogen-bond donors (Lipinski definition) is 1. The number of nitrogens with zero attached hydrogens (tertiary/aromatic N) is 1. The highest BCUT2D eigenvalue weighted by Crippen LogP contribution is 2.34. The first-order valence-corrected chi connectivity index (χ1v) is 9.65. The largest absolute Gasteiger partial charge is 0.495 e. The molecule has 6 heteroatoms. The number of rotatable bonds is 6. The van der Waals surface area contributed by atoms with E-state index in [9.17, 15) is 4.39 Å². The number of benzene rings is 2. The van der Waals surface area contributed by atoms with Crippen LogP contribution in [0.2, 0.25) is 0 Å². The highest BCUT2D eigenvalue weighted by molar-refractivity contribution is 5.58. The molecule has 0 aliphatic carbocycles. The highest BCUT2D eigenvalue weighted by atomic mass is 19.1. The van der Waals surface area contributed by atoms with E-state index in [1.165, 1.54) is 18.0 Å². The number of nitrogens with one attached hydrogen (secondary N) is 1. The number of ether oxygens (including phenoxy) is 3. The number of methoxy groups -OCH3 is 1. The van der Waals surface area contributed by atoms with E-state index in [4.69, 9.17) is 14.2 Å². The third-order valence-electron chi connectivity index (χ3n) is 5.25. The Morgan fingerprint density at radius 3 is 2.79 bits per heavy atom. The van der Waals surface area contributed by atoms with Gasteiger partial charge in [-0.1, -0.05) is 18.2 Å². The standard InChI is InChI=1S/C22H25FN2O3/c1-26-20-7-3-2-6-19(20)25-11-9-16(10-12-25)13-24-14-17-15-27-22-18(23)5-4-8-21(22)28-17/h2-8,15-16,24H,9-14H2,1H3. The Hall–Kier alpha value is -2.73. The van der Waals surface area contributed by atoms with Crippen molar-refractivity contribution >= 4 is 5.69 Å². The summed E-state index contributed by atoms with van der Waals surface area (Å²) in [5, 5.41) is 3.44. The summed E-state index contributed by atoms with van der Waals surface area (Å²) >= 11 is 0. The van der Waals surface area contributed by atoms with Crippen LogP contribution in [0.15, 0.2) is 54.5 Å². The first-order chi connectivity index (χ1) is 13.7. The average Bonchev–Trinajstić information content (AvgIpc) is 2.74. The number of anilines is 1. The summed E-state index contributed by atoms with van der Waals surface area (Å²) in [7, 11) is 1.72. The number of para-hydroxylation sites is 3. The predicted octanol–water partition coefficient (Wildman–Crippen LogP) is 3.95. The third kappa shape index (κ3) is 4.07. The first-order valence-electron chi connectivity index (χ1n) is 9.65. The number of hydrogen-bond acceptors (Lipinski definition) is 5. The minimum absolute atomic E-state index is 0.148. The molecule has 0 bridgehead atoms. The Balaban J connectivity index is 1.23. The van der Waals surface area contributed by atoms with Crippen molar-refractivity contribution < 1.29 is 18.6 Å². The molecule has 0 aromatic heterocycles. The molecule has 2 aromatic carbocycles. The van der Waals surface area contributed by atoms with Gasteiger partial charge in [0.05, 0.1) is 19.3 Å². The Morgan fingerprint density at radius 2 is 1.96 bits per heavy atom. The van der Waals surface area contributed by atoms with Crippen molar-refractivity contribution in [2.75, 3.05) is 38.2 Å². The summed E-state index contributed by atoms with van der Waals surface area (Å²) in [6.07, 6.45) is 3.72. The molecule has 5 nitrogen and oxygen atoms in total. The van der Waals surface area contributed by atoms with Crippen LogP contribution in [0.4, 0.5) is 10.1 Å². The first kappa shape index (κ1) is 18.6. The average molecular weight is 384 g/mol. The van der Waals surface area contributed by atoms with Gasteiger partial charge in [-0.3, -0.25) is 0 Å². The van der Waals surface area contributed by atoms with Crippen molar-refractivity contribution in [3.05, 3.63) is 60.3 Å². The monoisotopic (exact) mass is 384 g/mol. The molecule has 1 N–H and O–H groups in total. The van der Waals surface area contributed by atoms with Crippen LogP contribution in [0.5, 0.6) is 17.2 Å². The molecule has 0 spiro atoms. The lowest BCUT2D eigenvalue weighted by Gasteiger charge is -2.34. The maximum Gasteiger partial charge on any atom is 0.204 e. The van der Waals surface area contributed by atoms with E-state index in [-0.39, 0.29) is 5.75 Å². The zero-order valence-corrected chi connectivity index (χ0v) is 16.0. The number of halogens is 1. The lowest BCUT2D eigenvalue weighted by Crippen LogP contribution is -2.38. The molecule has 0 saturated carbocycles. The normalized spacial score (nSPS) is 16.6. The second-order valence-electron chi connectivity index (χ2n) is 7.10. The minimum Gasteiger partial charge on any atom is -0.495 e. The Bertz CT molecular complexity index is 847. The second-order valence-corrected chi connectivity index (χ2v) is 7.10. The second kappa shape index (κ2) is 8.52. The lowest BCUT2D eigenvalue weighted by atomic mass is 9.96. The quantitative estimate of drug-likeness (QED) is 0.817. The van der Waals surface area contributed by atoms with Crippen molar-refractivity contribution in [1.29, 1.82) is 0 Å². The summed E-state index contributed by atoms with van der Waals surface area (Å²) in [6, 6.07) is 12.9. The predicted molar refractivity (Wildman–Crippen MR) is 107 cm³/mol. The fourth-order valence-corrected chi connectivity index (χ4v) is 3.72. The van der Waals surface area contributed by atoms with Crippen LogP contribution in [-0.2, 0) is 0 Å². The van der Waals surface area contributed by atoms with Crippen molar-refractivity contribution in [2.24, 2.45) is 5.92 Å². The molecule has 2 aliphatic rings. The van der Waals surface area contributed by atoms with Crippen LogP contribution < -0.4 is 24.4 Å². The molecule has 28 heavy (non-hydrogen) atoms. The highest BCUT2D eigenvalue weighted by Gasteiger charge is 2.22. The molecule has 148 valence electrons. The van der Waals surface area contributed by atoms with Crippen LogP contribution in [0.3, 0.4) is 0 Å². The van der Waals surface area contributed by atoms with E-state index in [0.717, 1.165) is 38.2 Å². The SMILES string of the molecule is COc1ccccc1N1CCC(CNCC2=COc3c(F)cccc3O2)CC1. The zero-order chi connectivity index (χ0) is 19.3. The zero-order valence-electron chi connectivity index (χ0n) is 16.0. The van der Waals surface area contributed by atoms with Crippen molar-refractivity contribution in [3.63, 3.8) is 0 Å². The smallest absolute Gasteiger partial charge is 0.204 e. The molecule has 4 rings (SSSR count). The van der Waals surface area contributed by atoms with Crippen LogP contribution in [0, 0.1) is 11.7 Å². The molecule has 2 heterocycles. The topological polar surface area (TPSA) is 43.0 Å². The molecular weight excluding hydrogens is 359 g/mol. The van der Waals surface area contributed by atoms with Gasteiger partial charge in [-0.15, -0.1) is 0 Å². The van der Waals surface area contributed by atoms with Crippen LogP contribution in [-0.4, -0.2) is 33.3 Å². The number of fused-ring (bicyclic) bond motifs is 1. The van der Waals surface area contributed by atoms with Crippen LogP contribution in [0.1, 0.15) is 12.8 Å². The van der Waals surface area contributed by atoms with Crippen LogP contribution in [0.25, 0.3) is 0 Å². The van der Waals surface area contributed by atoms with Crippen molar-refractivity contribution in [1.82, 2.24) is 5.32 Å². The fourth-order valence-electron chi connectivity index (χ4n) is 3.72. The molecule has 1 fully saturated rings. The molecule has 0 atom stereocenters. The van der Waals surface area contributed by atoms with Gasteiger partial charge in [-0.05, 0) is 49.6 Å². The van der Waals surface area contributed by atoms with Crippen molar-refractivity contribution in [2.45, 2.75) is 12.8 Å². The van der Waals surface area contributed by atoms with Gasteiger partial charge in [-0.25, -0.2) is 4.39 Å². The Labute approximate surface area is 164 Å². The molecule has 1 saturated heterocycles. The van der Waals surface area contributed by atoms with Crippen LogP contribution >= 0.6 is 0 Å². The van der Waals surface area contributed by atoms with E-state index in [2.05, 4.69) is 22.3 Å². The van der Waals surface area contributed by atoms with Gasteiger partial charge in [0.1, 0.15) is 12.0 Å². The van der Waals surface area contributed by atoms with Gasteiger partial charge in [-0.2, -0.15) is 0 Å². The van der Waals surface area contributed by atoms with Gasteiger partial charge in [0, 0.05) is 13.1 Å². The summed E-state index contributed by atoms with van der Waals surface area (Å²) in [6.45, 7) is 3.50. The summed E-state index contributed by atoms with van der Waals surface area (Å²) < 4.78 is 30.2. The van der Waals surface area contributed by atoms with E-state index in [0.29, 0.717) is 24.0 Å². The molecule has 0 amide bonds. The van der Waals surface area contributed by atoms with Gasteiger partial charge >= 0.3 is 0 Å². The summed E-state index contributed by atoms with van der Waals surface area (Å²) in [5.41, 5.74) is 1.17. The fraction of sp³-hybridized carbons (Fsp3) is 0.364. The van der Waals surface area contributed by atoms with Crippen molar-refractivity contribution in [3.8, 4) is 17.2 Å². The molecular formula is C22H25FN2O3. The minimum atomic E-state index is -0.414. The van der Waals surface area contributed by atoms with E-state index in [1.54, 1.807) is 19.2 Å². The number of piperidine rings is 1. The molecule has 2 aromatic rings. The maximum atomic E-state index is 13.6. The molecule has 2 aliphatic heterocycles. The van der Waals surface area contributed by atoms with E-state index >= 15 is 0 Å². The summed E-state index contributed by atoms with van der Waals surface area (Å²) in [5.74, 6) is 2.35.